The van der Waals surface area contributed by atoms with Crippen molar-refractivity contribution in [2.45, 2.75) is 6.04 Å². The van der Waals surface area contributed by atoms with Gasteiger partial charge in [-0.1, -0.05) is 12.1 Å². The Labute approximate surface area is 118 Å². The van der Waals surface area contributed by atoms with Crippen molar-refractivity contribution < 1.29 is 14.7 Å². The highest BCUT2D eigenvalue weighted by Crippen LogP contribution is 2.32. The molecule has 1 atom stereocenters. The van der Waals surface area contributed by atoms with Gasteiger partial charge in [0.25, 0.3) is 5.91 Å². The van der Waals surface area contributed by atoms with Crippen LogP contribution >= 0.6 is 11.3 Å². The normalized spacial score (nSPS) is 18.2. The standard InChI is InChI=1S/C14H10N2O3S/c17-12(9-4-2-6-20-9)10-11(16-14(19)13(10)18)8-3-1-5-15-7-8/h1-7,11,18H,(H,16,19)/t11-/m0/s1. The number of Topliss-reactive ketones (excluding diaryl/α,β-unsaturated/α-hetero) is 1. The number of aliphatic hydroxyl groups excluding tert-OH is 1. The highest BCUT2D eigenvalue weighted by atomic mass is 32.1. The Balaban J connectivity index is 2.05. The topological polar surface area (TPSA) is 79.3 Å². The van der Waals surface area contributed by atoms with Crippen LogP contribution < -0.4 is 5.32 Å². The summed E-state index contributed by atoms with van der Waals surface area (Å²) in [5.74, 6) is -1.50. The van der Waals surface area contributed by atoms with Gasteiger partial charge < -0.3 is 10.4 Å². The molecule has 1 aliphatic heterocycles. The van der Waals surface area contributed by atoms with Crippen LogP contribution in [-0.2, 0) is 4.79 Å². The van der Waals surface area contributed by atoms with Crippen LogP contribution in [0.3, 0.4) is 0 Å². The van der Waals surface area contributed by atoms with E-state index in [2.05, 4.69) is 10.3 Å². The molecule has 20 heavy (non-hydrogen) atoms. The molecule has 1 aliphatic rings. The maximum absolute atomic E-state index is 12.4. The van der Waals surface area contributed by atoms with Crippen molar-refractivity contribution in [3.05, 3.63) is 63.8 Å². The van der Waals surface area contributed by atoms with Gasteiger partial charge in [0.05, 0.1) is 16.5 Å². The number of carbonyl (C=O) groups is 2. The maximum Gasteiger partial charge on any atom is 0.287 e. The summed E-state index contributed by atoms with van der Waals surface area (Å²) in [6, 6.07) is 6.21. The molecule has 100 valence electrons. The lowest BCUT2D eigenvalue weighted by Gasteiger charge is -2.13. The molecule has 0 bridgehead atoms. The van der Waals surface area contributed by atoms with E-state index in [9.17, 15) is 14.7 Å². The second-order valence-electron chi connectivity index (χ2n) is 4.26. The number of hydrogen-bond donors (Lipinski definition) is 2. The summed E-state index contributed by atoms with van der Waals surface area (Å²) in [5.41, 5.74) is 0.732. The molecule has 1 amide bonds. The van der Waals surface area contributed by atoms with E-state index >= 15 is 0 Å². The molecule has 2 aromatic heterocycles. The zero-order valence-corrected chi connectivity index (χ0v) is 11.1. The number of nitrogens with zero attached hydrogens (tertiary/aromatic N) is 1. The molecule has 3 heterocycles. The Morgan fingerprint density at radius 2 is 2.20 bits per heavy atom. The van der Waals surface area contributed by atoms with Crippen molar-refractivity contribution in [2.75, 3.05) is 0 Å². The number of nitrogens with one attached hydrogen (secondary N) is 1. The van der Waals surface area contributed by atoms with Crippen molar-refractivity contribution in [2.24, 2.45) is 0 Å². The number of aromatic nitrogens is 1. The monoisotopic (exact) mass is 286 g/mol. The van der Waals surface area contributed by atoms with E-state index in [1.165, 1.54) is 11.3 Å². The Kier molecular flexibility index (Phi) is 3.08. The first-order chi connectivity index (χ1) is 9.68. The summed E-state index contributed by atoms with van der Waals surface area (Å²) in [6.07, 6.45) is 3.16. The SMILES string of the molecule is O=C1N[C@@H](c2cccnc2)C(C(=O)c2cccs2)=C1O. The molecule has 0 aliphatic carbocycles. The summed E-state index contributed by atoms with van der Waals surface area (Å²) in [4.78, 5) is 28.5. The molecule has 0 radical (unpaired) electrons. The average molecular weight is 286 g/mol. The first-order valence-electron chi connectivity index (χ1n) is 5.90. The predicted molar refractivity (Wildman–Crippen MR) is 73.4 cm³/mol. The van der Waals surface area contributed by atoms with Crippen LogP contribution in [0, 0.1) is 0 Å². The molecule has 5 nitrogen and oxygen atoms in total. The van der Waals surface area contributed by atoms with Crippen molar-refractivity contribution in [1.29, 1.82) is 0 Å². The second kappa shape index (κ2) is 4.90. The minimum Gasteiger partial charge on any atom is -0.503 e. The van der Waals surface area contributed by atoms with E-state index in [4.69, 9.17) is 0 Å². The van der Waals surface area contributed by atoms with E-state index < -0.39 is 17.7 Å². The number of rotatable bonds is 3. The molecule has 0 spiro atoms. The molecule has 2 N–H and O–H groups in total. The summed E-state index contributed by atoms with van der Waals surface area (Å²) >= 11 is 1.27. The number of aliphatic hydroxyl groups is 1. The van der Waals surface area contributed by atoms with Gasteiger partial charge in [0.15, 0.2) is 5.76 Å². The van der Waals surface area contributed by atoms with Crippen LogP contribution in [0.25, 0.3) is 0 Å². The molecule has 0 saturated carbocycles. The van der Waals surface area contributed by atoms with Crippen LogP contribution in [0.2, 0.25) is 0 Å². The molecular weight excluding hydrogens is 276 g/mol. The molecule has 0 unspecified atom stereocenters. The Bertz CT molecular complexity index is 692. The van der Waals surface area contributed by atoms with Gasteiger partial charge in [-0.2, -0.15) is 0 Å². The van der Waals surface area contributed by atoms with Gasteiger partial charge in [0.1, 0.15) is 0 Å². The van der Waals surface area contributed by atoms with Crippen molar-refractivity contribution in [3.8, 4) is 0 Å². The largest absolute Gasteiger partial charge is 0.503 e. The minimum atomic E-state index is -0.661. The van der Waals surface area contributed by atoms with Crippen molar-refractivity contribution >= 4 is 23.0 Å². The number of hydrogen-bond acceptors (Lipinski definition) is 5. The number of amides is 1. The summed E-state index contributed by atoms with van der Waals surface area (Å²) < 4.78 is 0. The van der Waals surface area contributed by atoms with Crippen LogP contribution in [0.4, 0.5) is 0 Å². The highest BCUT2D eigenvalue weighted by Gasteiger charge is 2.37. The van der Waals surface area contributed by atoms with E-state index in [0.29, 0.717) is 10.4 Å². The van der Waals surface area contributed by atoms with Crippen LogP contribution in [0.1, 0.15) is 21.3 Å². The fraction of sp³-hybridized carbons (Fsp3) is 0.0714. The molecule has 0 saturated heterocycles. The number of ketones is 1. The molecule has 0 aromatic carbocycles. The molecule has 6 heteroatoms. The molecule has 0 fully saturated rings. The van der Waals surface area contributed by atoms with Crippen LogP contribution in [-0.4, -0.2) is 21.8 Å². The molecule has 3 rings (SSSR count). The zero-order valence-electron chi connectivity index (χ0n) is 10.2. The lowest BCUT2D eigenvalue weighted by molar-refractivity contribution is -0.119. The van der Waals surface area contributed by atoms with E-state index in [1.807, 2.05) is 0 Å². The third-order valence-electron chi connectivity index (χ3n) is 3.04. The average Bonchev–Trinajstić information content (AvgIpc) is 3.09. The fourth-order valence-electron chi connectivity index (χ4n) is 2.11. The van der Waals surface area contributed by atoms with Gasteiger partial charge in [0.2, 0.25) is 5.78 Å². The van der Waals surface area contributed by atoms with E-state index in [-0.39, 0.29) is 11.4 Å². The third-order valence-corrected chi connectivity index (χ3v) is 3.91. The lowest BCUT2D eigenvalue weighted by Crippen LogP contribution is -2.23. The van der Waals surface area contributed by atoms with Crippen molar-refractivity contribution in [3.63, 3.8) is 0 Å². The Hall–Kier alpha value is -2.47. The fourth-order valence-corrected chi connectivity index (χ4v) is 2.78. The summed E-state index contributed by atoms with van der Waals surface area (Å²) in [5, 5.41) is 14.3. The van der Waals surface area contributed by atoms with Crippen molar-refractivity contribution in [1.82, 2.24) is 10.3 Å². The number of thiophene rings is 1. The van der Waals surface area contributed by atoms with Gasteiger partial charge in [-0.05, 0) is 23.1 Å². The summed E-state index contributed by atoms with van der Waals surface area (Å²) in [7, 11) is 0. The van der Waals surface area contributed by atoms with E-state index in [0.717, 1.165) is 0 Å². The zero-order chi connectivity index (χ0) is 14.1. The first-order valence-corrected chi connectivity index (χ1v) is 6.78. The molecular formula is C14H10N2O3S. The highest BCUT2D eigenvalue weighted by molar-refractivity contribution is 7.12. The Morgan fingerprint density at radius 1 is 1.35 bits per heavy atom. The molecule has 2 aromatic rings. The summed E-state index contributed by atoms with van der Waals surface area (Å²) in [6.45, 7) is 0. The number of pyridine rings is 1. The lowest BCUT2D eigenvalue weighted by atomic mass is 9.97. The maximum atomic E-state index is 12.4. The van der Waals surface area contributed by atoms with Gasteiger partial charge in [-0.3, -0.25) is 14.6 Å². The second-order valence-corrected chi connectivity index (χ2v) is 5.21. The predicted octanol–water partition coefficient (Wildman–Crippen LogP) is 2.01. The van der Waals surface area contributed by atoms with Gasteiger partial charge in [-0.25, -0.2) is 0 Å². The number of carbonyl (C=O) groups excluding carboxylic acids is 2. The van der Waals surface area contributed by atoms with E-state index in [1.54, 1.807) is 42.0 Å². The quantitative estimate of drug-likeness (QED) is 0.846. The van der Waals surface area contributed by atoms with Gasteiger partial charge >= 0.3 is 0 Å². The smallest absolute Gasteiger partial charge is 0.287 e. The van der Waals surface area contributed by atoms with Gasteiger partial charge in [0, 0.05) is 12.4 Å². The van der Waals surface area contributed by atoms with Gasteiger partial charge in [-0.15, -0.1) is 11.3 Å². The minimum absolute atomic E-state index is 0.0745. The first kappa shape index (κ1) is 12.6. The van der Waals surface area contributed by atoms with Crippen LogP contribution in [0.15, 0.2) is 53.4 Å². The Morgan fingerprint density at radius 3 is 2.85 bits per heavy atom. The van der Waals surface area contributed by atoms with Crippen LogP contribution in [0.5, 0.6) is 0 Å². The third kappa shape index (κ3) is 2.00.